The highest BCUT2D eigenvalue weighted by molar-refractivity contribution is 5.94. The van der Waals surface area contributed by atoms with Gasteiger partial charge < -0.3 is 0 Å². The summed E-state index contributed by atoms with van der Waals surface area (Å²) in [5.41, 5.74) is 4.41. The molecule has 0 N–H and O–H groups in total. The minimum absolute atomic E-state index is 0.0594. The zero-order valence-corrected chi connectivity index (χ0v) is 14.4. The largest absolute Gasteiger partial charge is 0.252 e. The van der Waals surface area contributed by atoms with Crippen LogP contribution < -0.4 is 0 Å². The molecule has 2 aromatic heterocycles. The number of fused-ring (bicyclic) bond motifs is 2. The molecule has 0 aliphatic heterocycles. The van der Waals surface area contributed by atoms with E-state index >= 15 is 0 Å². The van der Waals surface area contributed by atoms with Crippen LogP contribution in [-0.4, -0.2) is 9.97 Å². The Morgan fingerprint density at radius 3 is 1.36 bits per heavy atom. The molecule has 3 rings (SSSR count). The van der Waals surface area contributed by atoms with Gasteiger partial charge in [-0.1, -0.05) is 53.7 Å². The first-order valence-corrected chi connectivity index (χ1v) is 7.87. The Morgan fingerprint density at radius 1 is 0.591 bits per heavy atom. The second-order valence-electron chi connectivity index (χ2n) is 8.13. The highest BCUT2D eigenvalue weighted by atomic mass is 14.7. The Bertz CT molecular complexity index is 780. The molecule has 0 aliphatic rings. The van der Waals surface area contributed by atoms with E-state index < -0.39 is 0 Å². The van der Waals surface area contributed by atoms with E-state index in [9.17, 15) is 0 Å². The molecule has 0 unspecified atom stereocenters. The highest BCUT2D eigenvalue weighted by Crippen LogP contribution is 2.27. The summed E-state index contributed by atoms with van der Waals surface area (Å²) in [6, 6.07) is 12.9. The molecule has 0 bridgehead atoms. The Balaban J connectivity index is 2.24. The van der Waals surface area contributed by atoms with Crippen LogP contribution in [0.3, 0.4) is 0 Å². The van der Waals surface area contributed by atoms with Crippen LogP contribution in [0.15, 0.2) is 36.4 Å². The third-order valence-corrected chi connectivity index (χ3v) is 4.04. The van der Waals surface area contributed by atoms with Crippen molar-refractivity contribution in [3.8, 4) is 0 Å². The van der Waals surface area contributed by atoms with Crippen LogP contribution in [0.1, 0.15) is 52.9 Å². The van der Waals surface area contributed by atoms with Crippen molar-refractivity contribution in [1.82, 2.24) is 9.97 Å². The first-order chi connectivity index (χ1) is 10.1. The van der Waals surface area contributed by atoms with Crippen LogP contribution in [0, 0.1) is 0 Å². The SMILES string of the molecule is CC(C)(C)c1ccc2cc3ccc(C(C)(C)C)nc3cc2n1. The van der Waals surface area contributed by atoms with E-state index in [2.05, 4.69) is 77.9 Å². The van der Waals surface area contributed by atoms with Gasteiger partial charge in [-0.25, -0.2) is 0 Å². The van der Waals surface area contributed by atoms with Gasteiger partial charge in [-0.2, -0.15) is 0 Å². The van der Waals surface area contributed by atoms with Crippen molar-refractivity contribution in [3.05, 3.63) is 47.8 Å². The molecule has 22 heavy (non-hydrogen) atoms. The van der Waals surface area contributed by atoms with Crippen LogP contribution in [0.2, 0.25) is 0 Å². The zero-order valence-electron chi connectivity index (χ0n) is 14.4. The van der Waals surface area contributed by atoms with Crippen LogP contribution in [-0.2, 0) is 10.8 Å². The van der Waals surface area contributed by atoms with E-state index in [1.165, 1.54) is 10.8 Å². The van der Waals surface area contributed by atoms with E-state index in [0.717, 1.165) is 22.4 Å². The van der Waals surface area contributed by atoms with Crippen molar-refractivity contribution in [1.29, 1.82) is 0 Å². The minimum Gasteiger partial charge on any atom is -0.252 e. The Kier molecular flexibility index (Phi) is 3.24. The average Bonchev–Trinajstić information content (AvgIpc) is 2.41. The van der Waals surface area contributed by atoms with Crippen molar-refractivity contribution in [2.75, 3.05) is 0 Å². The Labute approximate surface area is 132 Å². The average molecular weight is 292 g/mol. The maximum absolute atomic E-state index is 4.85. The molecule has 2 heteroatoms. The molecule has 0 atom stereocenters. The quantitative estimate of drug-likeness (QED) is 0.520. The van der Waals surface area contributed by atoms with Crippen molar-refractivity contribution >= 4 is 21.8 Å². The summed E-state index contributed by atoms with van der Waals surface area (Å²) in [5.74, 6) is 0. The van der Waals surface area contributed by atoms with Crippen molar-refractivity contribution in [2.24, 2.45) is 0 Å². The van der Waals surface area contributed by atoms with Crippen molar-refractivity contribution in [3.63, 3.8) is 0 Å². The number of rotatable bonds is 0. The molecule has 0 fully saturated rings. The van der Waals surface area contributed by atoms with Gasteiger partial charge in [0.25, 0.3) is 0 Å². The number of benzene rings is 1. The molecule has 0 saturated heterocycles. The van der Waals surface area contributed by atoms with Crippen LogP contribution in [0.25, 0.3) is 21.8 Å². The smallest absolute Gasteiger partial charge is 0.0727 e. The van der Waals surface area contributed by atoms with Gasteiger partial charge in [0.2, 0.25) is 0 Å². The van der Waals surface area contributed by atoms with Gasteiger partial charge in [0, 0.05) is 33.0 Å². The molecular formula is C20H24N2. The molecule has 0 radical (unpaired) electrons. The van der Waals surface area contributed by atoms with Crippen LogP contribution in [0.4, 0.5) is 0 Å². The zero-order chi connectivity index (χ0) is 16.1. The fraction of sp³-hybridized carbons (Fsp3) is 0.400. The van der Waals surface area contributed by atoms with Gasteiger partial charge in [0.15, 0.2) is 0 Å². The summed E-state index contributed by atoms with van der Waals surface area (Å²) >= 11 is 0. The fourth-order valence-corrected chi connectivity index (χ4v) is 2.58. The third-order valence-electron chi connectivity index (χ3n) is 4.04. The maximum Gasteiger partial charge on any atom is 0.0727 e. The van der Waals surface area contributed by atoms with Gasteiger partial charge in [0.05, 0.1) is 11.0 Å². The second kappa shape index (κ2) is 4.77. The van der Waals surface area contributed by atoms with Crippen LogP contribution >= 0.6 is 0 Å². The maximum atomic E-state index is 4.85. The Hall–Kier alpha value is -1.96. The predicted octanol–water partition coefficient (Wildman–Crippen LogP) is 5.38. The monoisotopic (exact) mass is 292 g/mol. The summed E-state index contributed by atoms with van der Waals surface area (Å²) in [6.45, 7) is 13.2. The first-order valence-electron chi connectivity index (χ1n) is 7.87. The first kappa shape index (κ1) is 15.0. The van der Waals surface area contributed by atoms with Crippen LogP contribution in [0.5, 0.6) is 0 Å². The molecule has 1 aromatic carbocycles. The predicted molar refractivity (Wildman–Crippen MR) is 94.4 cm³/mol. The van der Waals surface area contributed by atoms with Gasteiger partial charge in [-0.3, -0.25) is 9.97 Å². The Morgan fingerprint density at radius 2 is 1.00 bits per heavy atom. The van der Waals surface area contributed by atoms with E-state index in [-0.39, 0.29) is 10.8 Å². The lowest BCUT2D eigenvalue weighted by atomic mass is 9.90. The molecule has 2 heterocycles. The third kappa shape index (κ3) is 2.70. The molecule has 0 spiro atoms. The number of pyridine rings is 2. The molecule has 0 aliphatic carbocycles. The summed E-state index contributed by atoms with van der Waals surface area (Å²) in [5, 5.41) is 2.34. The van der Waals surface area contributed by atoms with Crippen molar-refractivity contribution < 1.29 is 0 Å². The molecular weight excluding hydrogens is 268 g/mol. The summed E-state index contributed by atoms with van der Waals surface area (Å²) in [7, 11) is 0. The lowest BCUT2D eigenvalue weighted by molar-refractivity contribution is 0.571. The van der Waals surface area contributed by atoms with Crippen molar-refractivity contribution in [2.45, 2.75) is 52.4 Å². The summed E-state index contributed by atoms with van der Waals surface area (Å²) in [4.78, 5) is 9.70. The minimum atomic E-state index is 0.0594. The van der Waals surface area contributed by atoms with Gasteiger partial charge >= 0.3 is 0 Å². The molecule has 114 valence electrons. The number of hydrogen-bond acceptors (Lipinski definition) is 2. The molecule has 0 amide bonds. The fourth-order valence-electron chi connectivity index (χ4n) is 2.58. The number of nitrogens with zero attached hydrogens (tertiary/aromatic N) is 2. The van der Waals surface area contributed by atoms with E-state index in [0.29, 0.717) is 0 Å². The second-order valence-corrected chi connectivity index (χ2v) is 8.13. The van der Waals surface area contributed by atoms with E-state index in [4.69, 9.17) is 9.97 Å². The summed E-state index contributed by atoms with van der Waals surface area (Å²) < 4.78 is 0. The van der Waals surface area contributed by atoms with E-state index in [1.807, 2.05) is 0 Å². The van der Waals surface area contributed by atoms with Gasteiger partial charge in [-0.05, 0) is 24.3 Å². The molecule has 3 aromatic rings. The topological polar surface area (TPSA) is 25.8 Å². The number of hydrogen-bond donors (Lipinski definition) is 0. The summed E-state index contributed by atoms with van der Waals surface area (Å²) in [6.07, 6.45) is 0. The lowest BCUT2D eigenvalue weighted by Crippen LogP contribution is -2.13. The van der Waals surface area contributed by atoms with Gasteiger partial charge in [0.1, 0.15) is 0 Å². The highest BCUT2D eigenvalue weighted by Gasteiger charge is 2.17. The number of aromatic nitrogens is 2. The standard InChI is InChI=1S/C20H24N2/c1-19(2,3)17-9-7-13-11-14-8-10-18(20(4,5)6)22-16(14)12-15(13)21-17/h7-12H,1-6H3. The lowest BCUT2D eigenvalue weighted by Gasteiger charge is -2.19. The molecule has 0 saturated carbocycles. The molecule has 2 nitrogen and oxygen atoms in total. The normalized spacial score (nSPS) is 13.0. The van der Waals surface area contributed by atoms with Gasteiger partial charge in [-0.15, -0.1) is 0 Å². The van der Waals surface area contributed by atoms with E-state index in [1.54, 1.807) is 0 Å².